The van der Waals surface area contributed by atoms with E-state index in [0.29, 0.717) is 24.8 Å². The van der Waals surface area contributed by atoms with Crippen LogP contribution in [0, 0.1) is 17.2 Å². The Kier molecular flexibility index (Phi) is 6.89. The van der Waals surface area contributed by atoms with E-state index in [1.165, 1.54) is 19.3 Å². The summed E-state index contributed by atoms with van der Waals surface area (Å²) in [4.78, 5) is 12.8. The fourth-order valence-corrected chi connectivity index (χ4v) is 4.99. The first-order chi connectivity index (χ1) is 16.7. The SMILES string of the molecule is N#CC1CCC(n2nc(-c3cccc(C(=O)NCCC4CCCCN4)c3)c3ccccc32)OC1. The highest BCUT2D eigenvalue weighted by atomic mass is 16.5. The van der Waals surface area contributed by atoms with Gasteiger partial charge in [-0.3, -0.25) is 4.79 Å². The van der Waals surface area contributed by atoms with E-state index in [1.54, 1.807) is 0 Å². The van der Waals surface area contributed by atoms with Crippen molar-refractivity contribution >= 4 is 16.8 Å². The Morgan fingerprint density at radius 2 is 2.09 bits per heavy atom. The van der Waals surface area contributed by atoms with Crippen molar-refractivity contribution in [1.82, 2.24) is 20.4 Å². The number of nitriles is 1. The smallest absolute Gasteiger partial charge is 0.251 e. The summed E-state index contributed by atoms with van der Waals surface area (Å²) in [6, 6.07) is 18.6. The van der Waals surface area contributed by atoms with Gasteiger partial charge in [-0.25, -0.2) is 4.68 Å². The van der Waals surface area contributed by atoms with Crippen LogP contribution in [0.4, 0.5) is 0 Å². The molecule has 0 aliphatic carbocycles. The molecule has 2 aliphatic heterocycles. The van der Waals surface area contributed by atoms with Gasteiger partial charge in [-0.1, -0.05) is 36.8 Å². The lowest BCUT2D eigenvalue weighted by Gasteiger charge is -2.26. The fraction of sp³-hybridized carbons (Fsp3) is 0.444. The summed E-state index contributed by atoms with van der Waals surface area (Å²) in [7, 11) is 0. The average molecular weight is 458 g/mol. The summed E-state index contributed by atoms with van der Waals surface area (Å²) < 4.78 is 7.92. The molecule has 5 rings (SSSR count). The maximum absolute atomic E-state index is 12.8. The number of nitrogens with one attached hydrogen (secondary N) is 2. The molecule has 176 valence electrons. The predicted octanol–water partition coefficient (Wildman–Crippen LogP) is 4.41. The molecule has 0 radical (unpaired) electrons. The summed E-state index contributed by atoms with van der Waals surface area (Å²) >= 11 is 0. The minimum Gasteiger partial charge on any atom is -0.355 e. The van der Waals surface area contributed by atoms with Crippen LogP contribution in [-0.2, 0) is 4.74 Å². The lowest BCUT2D eigenvalue weighted by atomic mass is 10.0. The van der Waals surface area contributed by atoms with Crippen LogP contribution in [0.3, 0.4) is 0 Å². The molecule has 2 aromatic carbocycles. The van der Waals surface area contributed by atoms with Crippen molar-refractivity contribution in [2.45, 2.75) is 50.8 Å². The Balaban J connectivity index is 1.34. The van der Waals surface area contributed by atoms with E-state index in [2.05, 4.69) is 22.8 Å². The Labute approximate surface area is 200 Å². The Bertz CT molecular complexity index is 1180. The van der Waals surface area contributed by atoms with Crippen molar-refractivity contribution in [1.29, 1.82) is 5.26 Å². The number of fused-ring (bicyclic) bond motifs is 1. The van der Waals surface area contributed by atoms with Gasteiger partial charge in [0.2, 0.25) is 0 Å². The fourth-order valence-electron chi connectivity index (χ4n) is 4.99. The molecule has 0 spiro atoms. The van der Waals surface area contributed by atoms with Crippen molar-refractivity contribution in [3.8, 4) is 17.3 Å². The number of benzene rings is 2. The van der Waals surface area contributed by atoms with Crippen molar-refractivity contribution in [2.24, 2.45) is 5.92 Å². The summed E-state index contributed by atoms with van der Waals surface area (Å²) in [6.07, 6.45) is 6.01. The second kappa shape index (κ2) is 10.4. The third kappa shape index (κ3) is 4.84. The topological polar surface area (TPSA) is 92.0 Å². The quantitative estimate of drug-likeness (QED) is 0.572. The van der Waals surface area contributed by atoms with Crippen LogP contribution >= 0.6 is 0 Å². The second-order valence-electron chi connectivity index (χ2n) is 9.27. The molecule has 7 heteroatoms. The first-order valence-electron chi connectivity index (χ1n) is 12.3. The van der Waals surface area contributed by atoms with E-state index in [9.17, 15) is 10.1 Å². The summed E-state index contributed by atoms with van der Waals surface area (Å²) in [6.45, 7) is 2.17. The van der Waals surface area contributed by atoms with Gasteiger partial charge in [0.15, 0.2) is 6.23 Å². The largest absolute Gasteiger partial charge is 0.355 e. The van der Waals surface area contributed by atoms with Crippen LogP contribution in [0.5, 0.6) is 0 Å². The number of carbonyl (C=O) groups excluding carboxylic acids is 1. The first-order valence-corrected chi connectivity index (χ1v) is 12.3. The molecule has 1 aromatic heterocycles. The molecular weight excluding hydrogens is 426 g/mol. The summed E-state index contributed by atoms with van der Waals surface area (Å²) in [5.74, 6) is -0.110. The number of aromatic nitrogens is 2. The van der Waals surface area contributed by atoms with Crippen LogP contribution in [0.25, 0.3) is 22.2 Å². The van der Waals surface area contributed by atoms with Crippen molar-refractivity contribution in [3.63, 3.8) is 0 Å². The normalized spacial score (nSPS) is 22.9. The zero-order chi connectivity index (χ0) is 23.3. The minimum absolute atomic E-state index is 0.0540. The highest BCUT2D eigenvalue weighted by Crippen LogP contribution is 2.34. The standard InChI is InChI=1S/C27H31N5O2/c28-17-19-11-12-25(34-18-19)32-24-10-2-1-9-23(24)26(31-32)20-6-5-7-21(16-20)27(33)30-15-13-22-8-3-4-14-29-22/h1-2,5-7,9-10,16,19,22,25,29H,3-4,8,11-15,18H2,(H,30,33). The predicted molar refractivity (Wildman–Crippen MR) is 131 cm³/mol. The Morgan fingerprint density at radius 1 is 1.18 bits per heavy atom. The number of piperidine rings is 1. The second-order valence-corrected chi connectivity index (χ2v) is 9.27. The minimum atomic E-state index is -0.192. The number of hydrogen-bond acceptors (Lipinski definition) is 5. The molecule has 2 N–H and O–H groups in total. The van der Waals surface area contributed by atoms with Crippen LogP contribution in [0.2, 0.25) is 0 Å². The third-order valence-electron chi connectivity index (χ3n) is 6.91. The van der Waals surface area contributed by atoms with Gasteiger partial charge in [-0.05, 0) is 56.8 Å². The van der Waals surface area contributed by atoms with E-state index in [0.717, 1.165) is 48.0 Å². The van der Waals surface area contributed by atoms with Gasteiger partial charge in [0.25, 0.3) is 5.91 Å². The summed E-state index contributed by atoms with van der Waals surface area (Å²) in [5.41, 5.74) is 3.37. The molecule has 3 aromatic rings. The molecule has 3 atom stereocenters. The lowest BCUT2D eigenvalue weighted by Crippen LogP contribution is -2.37. The van der Waals surface area contributed by atoms with Crippen molar-refractivity contribution in [2.75, 3.05) is 19.7 Å². The van der Waals surface area contributed by atoms with Crippen molar-refractivity contribution in [3.05, 3.63) is 54.1 Å². The zero-order valence-corrected chi connectivity index (χ0v) is 19.4. The number of hydrogen-bond donors (Lipinski definition) is 2. The molecule has 7 nitrogen and oxygen atoms in total. The molecule has 2 saturated heterocycles. The molecule has 0 saturated carbocycles. The molecule has 2 aliphatic rings. The third-order valence-corrected chi connectivity index (χ3v) is 6.91. The number of para-hydroxylation sites is 1. The molecule has 0 bridgehead atoms. The van der Waals surface area contributed by atoms with Gasteiger partial charge in [0.1, 0.15) is 5.69 Å². The van der Waals surface area contributed by atoms with E-state index in [1.807, 2.05) is 47.1 Å². The molecule has 3 unspecified atom stereocenters. The van der Waals surface area contributed by atoms with Gasteiger partial charge in [-0.2, -0.15) is 10.4 Å². The van der Waals surface area contributed by atoms with E-state index in [4.69, 9.17) is 9.84 Å². The average Bonchev–Trinajstić information content (AvgIpc) is 3.29. The Hall–Kier alpha value is -3.21. The van der Waals surface area contributed by atoms with Crippen LogP contribution in [0.15, 0.2) is 48.5 Å². The molecular formula is C27H31N5O2. The number of nitrogens with zero attached hydrogens (tertiary/aromatic N) is 3. The van der Waals surface area contributed by atoms with Gasteiger partial charge in [-0.15, -0.1) is 0 Å². The van der Waals surface area contributed by atoms with Crippen molar-refractivity contribution < 1.29 is 9.53 Å². The van der Waals surface area contributed by atoms with Gasteiger partial charge < -0.3 is 15.4 Å². The number of ether oxygens (including phenoxy) is 1. The molecule has 3 heterocycles. The van der Waals surface area contributed by atoms with Gasteiger partial charge >= 0.3 is 0 Å². The van der Waals surface area contributed by atoms with E-state index >= 15 is 0 Å². The zero-order valence-electron chi connectivity index (χ0n) is 19.4. The first kappa shape index (κ1) is 22.6. The van der Waals surface area contributed by atoms with E-state index in [-0.39, 0.29) is 18.1 Å². The van der Waals surface area contributed by atoms with Crippen LogP contribution in [0.1, 0.15) is 55.1 Å². The number of carbonyl (C=O) groups is 1. The highest BCUT2D eigenvalue weighted by Gasteiger charge is 2.26. The lowest BCUT2D eigenvalue weighted by molar-refractivity contribution is -0.0515. The number of rotatable bonds is 6. The molecule has 1 amide bonds. The van der Waals surface area contributed by atoms with Gasteiger partial charge in [0.05, 0.1) is 24.1 Å². The van der Waals surface area contributed by atoms with Crippen LogP contribution < -0.4 is 10.6 Å². The monoisotopic (exact) mass is 457 g/mol. The van der Waals surface area contributed by atoms with E-state index < -0.39 is 0 Å². The maximum atomic E-state index is 12.8. The van der Waals surface area contributed by atoms with Crippen LogP contribution in [-0.4, -0.2) is 41.4 Å². The Morgan fingerprint density at radius 3 is 2.88 bits per heavy atom. The van der Waals surface area contributed by atoms with Gasteiger partial charge in [0, 0.05) is 29.1 Å². The number of amides is 1. The molecule has 34 heavy (non-hydrogen) atoms. The summed E-state index contributed by atoms with van der Waals surface area (Å²) in [5, 5.41) is 21.7. The maximum Gasteiger partial charge on any atom is 0.251 e. The highest BCUT2D eigenvalue weighted by molar-refractivity contribution is 5.98. The molecule has 2 fully saturated rings.